The van der Waals surface area contributed by atoms with E-state index in [1.165, 1.54) is 0 Å². The maximum absolute atomic E-state index is 12.4. The molecule has 118 valence electrons. The zero-order chi connectivity index (χ0) is 15.9. The molecule has 0 atom stereocenters. The van der Waals surface area contributed by atoms with Gasteiger partial charge < -0.3 is 14.7 Å². The van der Waals surface area contributed by atoms with Crippen LogP contribution >= 0.6 is 0 Å². The van der Waals surface area contributed by atoms with E-state index in [1.807, 2.05) is 31.2 Å². The Morgan fingerprint density at radius 2 is 2.14 bits per heavy atom. The first-order valence-corrected chi connectivity index (χ1v) is 7.30. The van der Waals surface area contributed by atoms with Crippen LogP contribution < -0.4 is 4.74 Å². The predicted octanol–water partition coefficient (Wildman–Crippen LogP) is 1.93. The molecule has 0 radical (unpaired) electrons. The lowest BCUT2D eigenvalue weighted by Gasteiger charge is -2.19. The molecule has 22 heavy (non-hydrogen) atoms. The number of carbonyl (C=O) groups excluding carboxylic acids is 1. The highest BCUT2D eigenvalue weighted by molar-refractivity contribution is 5.93. The fourth-order valence-electron chi connectivity index (χ4n) is 2.30. The number of aromatic nitrogens is 2. The Balaban J connectivity index is 2.25. The number of ether oxygens (including phenoxy) is 1. The van der Waals surface area contributed by atoms with Gasteiger partial charge in [0.15, 0.2) is 0 Å². The zero-order valence-electron chi connectivity index (χ0n) is 12.9. The molecule has 1 heterocycles. The van der Waals surface area contributed by atoms with Crippen molar-refractivity contribution in [2.75, 3.05) is 26.8 Å². The molecule has 2 rings (SSSR count). The van der Waals surface area contributed by atoms with E-state index in [2.05, 4.69) is 10.2 Å². The summed E-state index contributed by atoms with van der Waals surface area (Å²) in [6, 6.07) is 9.22. The summed E-state index contributed by atoms with van der Waals surface area (Å²) in [6.45, 7) is 2.85. The number of rotatable bonds is 7. The standard InChI is InChI=1S/C16H21N3O3/c1-3-8-19(9-10-20)16(21)14-11-13(17-18-14)12-6-4-5-7-15(12)22-2/h4-7,11,20H,3,8-10H2,1-2H3,(H,17,18). The first kappa shape index (κ1) is 16.0. The lowest BCUT2D eigenvalue weighted by atomic mass is 10.1. The second-order valence-corrected chi connectivity index (χ2v) is 4.88. The molecule has 6 nitrogen and oxygen atoms in total. The summed E-state index contributed by atoms with van der Waals surface area (Å²) in [4.78, 5) is 14.0. The normalized spacial score (nSPS) is 10.5. The highest BCUT2D eigenvalue weighted by Crippen LogP contribution is 2.28. The summed E-state index contributed by atoms with van der Waals surface area (Å²) < 4.78 is 5.31. The van der Waals surface area contributed by atoms with Crippen molar-refractivity contribution in [1.82, 2.24) is 15.1 Å². The Kier molecular flexibility index (Phi) is 5.55. The van der Waals surface area contributed by atoms with Crippen LogP contribution in [0, 0.1) is 0 Å². The SMILES string of the molecule is CCCN(CCO)C(=O)c1cc(-c2ccccc2OC)n[nH]1. The number of hydrogen-bond donors (Lipinski definition) is 2. The van der Waals surface area contributed by atoms with E-state index >= 15 is 0 Å². The second-order valence-electron chi connectivity index (χ2n) is 4.88. The van der Waals surface area contributed by atoms with Gasteiger partial charge in [0.2, 0.25) is 0 Å². The van der Waals surface area contributed by atoms with Crippen molar-refractivity contribution in [3.05, 3.63) is 36.0 Å². The summed E-state index contributed by atoms with van der Waals surface area (Å²) in [7, 11) is 1.60. The number of nitrogens with zero attached hydrogens (tertiary/aromatic N) is 2. The molecule has 1 aromatic carbocycles. The maximum atomic E-state index is 12.4. The van der Waals surface area contributed by atoms with Gasteiger partial charge in [0, 0.05) is 18.7 Å². The molecule has 6 heteroatoms. The number of hydrogen-bond acceptors (Lipinski definition) is 4. The van der Waals surface area contributed by atoms with Crippen LogP contribution in [0.25, 0.3) is 11.3 Å². The molecule has 1 amide bonds. The van der Waals surface area contributed by atoms with Crippen molar-refractivity contribution in [2.45, 2.75) is 13.3 Å². The highest BCUT2D eigenvalue weighted by atomic mass is 16.5. The van der Waals surface area contributed by atoms with E-state index in [4.69, 9.17) is 9.84 Å². The smallest absolute Gasteiger partial charge is 0.271 e. The van der Waals surface area contributed by atoms with Crippen molar-refractivity contribution in [2.24, 2.45) is 0 Å². The van der Waals surface area contributed by atoms with Crippen molar-refractivity contribution < 1.29 is 14.6 Å². The van der Waals surface area contributed by atoms with Gasteiger partial charge in [0.05, 0.1) is 19.4 Å². The number of amides is 1. The van der Waals surface area contributed by atoms with Gasteiger partial charge in [0.1, 0.15) is 11.4 Å². The lowest BCUT2D eigenvalue weighted by Crippen LogP contribution is -2.34. The number of H-pyrrole nitrogens is 1. The molecule has 0 aliphatic heterocycles. The maximum Gasteiger partial charge on any atom is 0.271 e. The summed E-state index contributed by atoms with van der Waals surface area (Å²) in [5.74, 6) is 0.540. The van der Waals surface area contributed by atoms with Gasteiger partial charge in [-0.2, -0.15) is 5.10 Å². The summed E-state index contributed by atoms with van der Waals surface area (Å²) in [6.07, 6.45) is 0.833. The number of aromatic amines is 1. The molecular weight excluding hydrogens is 282 g/mol. The Bertz CT molecular complexity index is 619. The van der Waals surface area contributed by atoms with E-state index in [-0.39, 0.29) is 12.5 Å². The molecule has 0 unspecified atom stereocenters. The zero-order valence-corrected chi connectivity index (χ0v) is 12.9. The van der Waals surface area contributed by atoms with Gasteiger partial charge in [-0.15, -0.1) is 0 Å². The minimum absolute atomic E-state index is 0.0563. The van der Waals surface area contributed by atoms with Gasteiger partial charge in [-0.1, -0.05) is 19.1 Å². The third kappa shape index (κ3) is 3.46. The first-order valence-electron chi connectivity index (χ1n) is 7.30. The minimum Gasteiger partial charge on any atom is -0.496 e. The van der Waals surface area contributed by atoms with Gasteiger partial charge in [-0.05, 0) is 24.6 Å². The van der Waals surface area contributed by atoms with Crippen LogP contribution in [0.1, 0.15) is 23.8 Å². The Labute approximate surface area is 129 Å². The number of carbonyl (C=O) groups is 1. The van der Waals surface area contributed by atoms with Crippen molar-refractivity contribution in [3.8, 4) is 17.0 Å². The van der Waals surface area contributed by atoms with Gasteiger partial charge in [0.25, 0.3) is 5.91 Å². The highest BCUT2D eigenvalue weighted by Gasteiger charge is 2.18. The Morgan fingerprint density at radius 3 is 2.82 bits per heavy atom. The minimum atomic E-state index is -0.162. The molecule has 0 aliphatic carbocycles. The van der Waals surface area contributed by atoms with E-state index in [0.717, 1.165) is 12.0 Å². The largest absolute Gasteiger partial charge is 0.496 e. The number of aliphatic hydroxyl groups excluding tert-OH is 1. The number of methoxy groups -OCH3 is 1. The molecule has 1 aromatic heterocycles. The van der Waals surface area contributed by atoms with Crippen LogP contribution in [-0.2, 0) is 0 Å². The summed E-state index contributed by atoms with van der Waals surface area (Å²) >= 11 is 0. The first-order chi connectivity index (χ1) is 10.7. The van der Waals surface area contributed by atoms with Crippen LogP contribution in [0.4, 0.5) is 0 Å². The number of para-hydroxylation sites is 1. The predicted molar refractivity (Wildman–Crippen MR) is 83.9 cm³/mol. The summed E-state index contributed by atoms with van der Waals surface area (Å²) in [5, 5.41) is 16.1. The Morgan fingerprint density at radius 1 is 1.36 bits per heavy atom. The van der Waals surface area contributed by atoms with Crippen LogP contribution in [0.15, 0.2) is 30.3 Å². The lowest BCUT2D eigenvalue weighted by molar-refractivity contribution is 0.0716. The Hall–Kier alpha value is -2.34. The topological polar surface area (TPSA) is 78.4 Å². The number of aliphatic hydroxyl groups is 1. The molecule has 0 aliphatic rings. The average molecular weight is 303 g/mol. The fraction of sp³-hybridized carbons (Fsp3) is 0.375. The third-order valence-corrected chi connectivity index (χ3v) is 3.34. The van der Waals surface area contributed by atoms with Gasteiger partial charge in [-0.3, -0.25) is 9.89 Å². The molecular formula is C16H21N3O3. The van der Waals surface area contributed by atoms with E-state index in [1.54, 1.807) is 18.1 Å². The molecule has 0 spiro atoms. The molecule has 0 saturated carbocycles. The van der Waals surface area contributed by atoms with Crippen LogP contribution in [0.5, 0.6) is 5.75 Å². The van der Waals surface area contributed by atoms with Crippen molar-refractivity contribution in [1.29, 1.82) is 0 Å². The molecule has 0 saturated heterocycles. The quantitative estimate of drug-likeness (QED) is 0.819. The number of nitrogens with one attached hydrogen (secondary N) is 1. The fourth-order valence-corrected chi connectivity index (χ4v) is 2.30. The molecule has 0 fully saturated rings. The van der Waals surface area contributed by atoms with Gasteiger partial charge >= 0.3 is 0 Å². The molecule has 2 N–H and O–H groups in total. The van der Waals surface area contributed by atoms with E-state index in [9.17, 15) is 4.79 Å². The van der Waals surface area contributed by atoms with E-state index < -0.39 is 0 Å². The van der Waals surface area contributed by atoms with Crippen LogP contribution in [0.2, 0.25) is 0 Å². The van der Waals surface area contributed by atoms with E-state index in [0.29, 0.717) is 30.2 Å². The van der Waals surface area contributed by atoms with Crippen molar-refractivity contribution >= 4 is 5.91 Å². The number of benzene rings is 1. The van der Waals surface area contributed by atoms with Gasteiger partial charge in [-0.25, -0.2) is 0 Å². The molecule has 2 aromatic rings. The third-order valence-electron chi connectivity index (χ3n) is 3.34. The van der Waals surface area contributed by atoms with Crippen LogP contribution in [-0.4, -0.2) is 52.9 Å². The second kappa shape index (κ2) is 7.61. The molecule has 0 bridgehead atoms. The summed E-state index contributed by atoms with van der Waals surface area (Å²) in [5.41, 5.74) is 1.88. The monoisotopic (exact) mass is 303 g/mol. The van der Waals surface area contributed by atoms with Crippen molar-refractivity contribution in [3.63, 3.8) is 0 Å². The average Bonchev–Trinajstić information content (AvgIpc) is 3.03. The van der Waals surface area contributed by atoms with Crippen LogP contribution in [0.3, 0.4) is 0 Å².